The number of carbonyl (C=O) groups excluding carboxylic acids is 1. The van der Waals surface area contributed by atoms with Crippen LogP contribution in [0.4, 0.5) is 10.5 Å². The molecule has 0 radical (unpaired) electrons. The van der Waals surface area contributed by atoms with E-state index in [0.717, 1.165) is 37.4 Å². The molecular weight excluding hydrogens is 216 g/mol. The minimum atomic E-state index is -0.0175. The van der Waals surface area contributed by atoms with Gasteiger partial charge in [-0.25, -0.2) is 4.79 Å². The average Bonchev–Trinajstić information content (AvgIpc) is 2.83. The fourth-order valence-corrected chi connectivity index (χ4v) is 1.95. The van der Waals surface area contributed by atoms with E-state index in [0.29, 0.717) is 6.61 Å². The van der Waals surface area contributed by atoms with E-state index >= 15 is 0 Å². The highest BCUT2D eigenvalue weighted by atomic mass is 16.5. The molecule has 0 aliphatic carbocycles. The standard InChI is InChI=1S/C13H18N2O2/c1-2-17-12-7-5-6-11(10-12)14-13(16)15-8-3-4-9-15/h5-7,10H,2-4,8-9H2,1H3,(H,14,16). The minimum Gasteiger partial charge on any atom is -0.494 e. The summed E-state index contributed by atoms with van der Waals surface area (Å²) in [6.45, 7) is 4.28. The van der Waals surface area contributed by atoms with Crippen LogP contribution in [0.5, 0.6) is 5.75 Å². The zero-order chi connectivity index (χ0) is 12.1. The summed E-state index contributed by atoms with van der Waals surface area (Å²) in [5.41, 5.74) is 0.785. The highest BCUT2D eigenvalue weighted by Crippen LogP contribution is 2.18. The Morgan fingerprint density at radius 1 is 1.41 bits per heavy atom. The van der Waals surface area contributed by atoms with Crippen LogP contribution < -0.4 is 10.1 Å². The van der Waals surface area contributed by atoms with Crippen LogP contribution in [0.15, 0.2) is 24.3 Å². The summed E-state index contributed by atoms with van der Waals surface area (Å²) in [6.07, 6.45) is 2.21. The maximum absolute atomic E-state index is 11.9. The van der Waals surface area contributed by atoms with Gasteiger partial charge in [-0.1, -0.05) is 6.07 Å². The highest BCUT2D eigenvalue weighted by molar-refractivity contribution is 5.89. The molecule has 2 amide bonds. The molecule has 0 spiro atoms. The third-order valence-corrected chi connectivity index (χ3v) is 2.79. The first-order valence-electron chi connectivity index (χ1n) is 6.08. The monoisotopic (exact) mass is 234 g/mol. The van der Waals surface area contributed by atoms with Gasteiger partial charge in [-0.15, -0.1) is 0 Å². The van der Waals surface area contributed by atoms with Crippen molar-refractivity contribution in [3.8, 4) is 5.75 Å². The molecule has 1 fully saturated rings. The van der Waals surface area contributed by atoms with Gasteiger partial charge >= 0.3 is 6.03 Å². The number of hydrogen-bond donors (Lipinski definition) is 1. The van der Waals surface area contributed by atoms with Gasteiger partial charge < -0.3 is 15.0 Å². The molecule has 1 heterocycles. The quantitative estimate of drug-likeness (QED) is 0.873. The molecule has 1 N–H and O–H groups in total. The van der Waals surface area contributed by atoms with Crippen molar-refractivity contribution in [2.45, 2.75) is 19.8 Å². The lowest BCUT2D eigenvalue weighted by Crippen LogP contribution is -2.32. The number of amides is 2. The van der Waals surface area contributed by atoms with Crippen molar-refractivity contribution >= 4 is 11.7 Å². The number of hydrogen-bond acceptors (Lipinski definition) is 2. The molecule has 4 heteroatoms. The predicted molar refractivity (Wildman–Crippen MR) is 67.4 cm³/mol. The third kappa shape index (κ3) is 3.12. The Bertz CT molecular complexity index is 387. The van der Waals surface area contributed by atoms with Crippen LogP contribution in [0, 0.1) is 0 Å². The summed E-state index contributed by atoms with van der Waals surface area (Å²) in [4.78, 5) is 13.7. The number of ether oxygens (including phenoxy) is 1. The Hall–Kier alpha value is -1.71. The number of urea groups is 1. The maximum Gasteiger partial charge on any atom is 0.321 e. The van der Waals surface area contributed by atoms with Gasteiger partial charge in [0.1, 0.15) is 5.75 Å². The third-order valence-electron chi connectivity index (χ3n) is 2.79. The van der Waals surface area contributed by atoms with E-state index < -0.39 is 0 Å². The molecule has 17 heavy (non-hydrogen) atoms. The first kappa shape index (κ1) is 11.8. The van der Waals surface area contributed by atoms with Gasteiger partial charge in [-0.3, -0.25) is 0 Å². The van der Waals surface area contributed by atoms with Crippen molar-refractivity contribution in [2.75, 3.05) is 25.0 Å². The first-order valence-corrected chi connectivity index (χ1v) is 6.08. The average molecular weight is 234 g/mol. The van der Waals surface area contributed by atoms with E-state index in [1.807, 2.05) is 36.1 Å². The van der Waals surface area contributed by atoms with Gasteiger partial charge in [-0.05, 0) is 31.9 Å². The van der Waals surface area contributed by atoms with Crippen LogP contribution in [0.25, 0.3) is 0 Å². The first-order chi connectivity index (χ1) is 8.29. The van der Waals surface area contributed by atoms with E-state index in [9.17, 15) is 4.79 Å². The Labute approximate surface area is 102 Å². The fraction of sp³-hybridized carbons (Fsp3) is 0.462. The number of rotatable bonds is 3. The van der Waals surface area contributed by atoms with E-state index in [1.54, 1.807) is 0 Å². The molecular formula is C13H18N2O2. The number of benzene rings is 1. The van der Waals surface area contributed by atoms with Gasteiger partial charge in [0, 0.05) is 24.8 Å². The SMILES string of the molecule is CCOc1cccc(NC(=O)N2CCCC2)c1. The predicted octanol–water partition coefficient (Wildman–Crippen LogP) is 2.71. The van der Waals surface area contributed by atoms with Gasteiger partial charge in [0.25, 0.3) is 0 Å². The highest BCUT2D eigenvalue weighted by Gasteiger charge is 2.17. The fourth-order valence-electron chi connectivity index (χ4n) is 1.95. The molecule has 1 aromatic carbocycles. The van der Waals surface area contributed by atoms with Crippen molar-refractivity contribution in [2.24, 2.45) is 0 Å². The topological polar surface area (TPSA) is 41.6 Å². The summed E-state index contributed by atoms with van der Waals surface area (Å²) < 4.78 is 5.39. The molecule has 4 nitrogen and oxygen atoms in total. The molecule has 0 aromatic heterocycles. The molecule has 0 saturated carbocycles. The molecule has 0 bridgehead atoms. The van der Waals surface area contributed by atoms with Crippen LogP contribution in [0.2, 0.25) is 0 Å². The zero-order valence-electron chi connectivity index (χ0n) is 10.1. The van der Waals surface area contributed by atoms with Crippen molar-refractivity contribution in [3.63, 3.8) is 0 Å². The van der Waals surface area contributed by atoms with Crippen LogP contribution >= 0.6 is 0 Å². The Balaban J connectivity index is 1.97. The number of nitrogens with zero attached hydrogens (tertiary/aromatic N) is 1. The lowest BCUT2D eigenvalue weighted by molar-refractivity contribution is 0.222. The van der Waals surface area contributed by atoms with E-state index in [2.05, 4.69) is 5.32 Å². The van der Waals surface area contributed by atoms with E-state index in [-0.39, 0.29) is 6.03 Å². The van der Waals surface area contributed by atoms with Crippen molar-refractivity contribution < 1.29 is 9.53 Å². The second-order valence-electron chi connectivity index (χ2n) is 4.09. The van der Waals surface area contributed by atoms with Gasteiger partial charge in [0.05, 0.1) is 6.61 Å². The van der Waals surface area contributed by atoms with Gasteiger partial charge in [0.2, 0.25) is 0 Å². The Morgan fingerprint density at radius 2 is 2.18 bits per heavy atom. The van der Waals surface area contributed by atoms with Crippen LogP contribution in [0.1, 0.15) is 19.8 Å². The summed E-state index contributed by atoms with van der Waals surface area (Å²) >= 11 is 0. The van der Waals surface area contributed by atoms with E-state index in [1.165, 1.54) is 0 Å². The number of carbonyl (C=O) groups is 1. The molecule has 1 saturated heterocycles. The molecule has 2 rings (SSSR count). The van der Waals surface area contributed by atoms with Crippen LogP contribution in [-0.4, -0.2) is 30.6 Å². The lowest BCUT2D eigenvalue weighted by atomic mass is 10.3. The zero-order valence-corrected chi connectivity index (χ0v) is 10.1. The smallest absolute Gasteiger partial charge is 0.321 e. The normalized spacial score (nSPS) is 14.8. The second kappa shape index (κ2) is 5.57. The maximum atomic E-state index is 11.9. The number of anilines is 1. The second-order valence-corrected chi connectivity index (χ2v) is 4.09. The summed E-state index contributed by atoms with van der Waals surface area (Å²) in [5, 5.41) is 2.89. The van der Waals surface area contributed by atoms with Crippen LogP contribution in [-0.2, 0) is 0 Å². The largest absolute Gasteiger partial charge is 0.494 e. The summed E-state index contributed by atoms with van der Waals surface area (Å²) in [7, 11) is 0. The van der Waals surface area contributed by atoms with E-state index in [4.69, 9.17) is 4.74 Å². The molecule has 92 valence electrons. The summed E-state index contributed by atoms with van der Waals surface area (Å²) in [6, 6.07) is 7.46. The lowest BCUT2D eigenvalue weighted by Gasteiger charge is -2.16. The Morgan fingerprint density at radius 3 is 2.88 bits per heavy atom. The van der Waals surface area contributed by atoms with Gasteiger partial charge in [-0.2, -0.15) is 0 Å². The van der Waals surface area contributed by atoms with Crippen molar-refractivity contribution in [1.29, 1.82) is 0 Å². The van der Waals surface area contributed by atoms with Crippen molar-refractivity contribution in [1.82, 2.24) is 4.90 Å². The van der Waals surface area contributed by atoms with Gasteiger partial charge in [0.15, 0.2) is 0 Å². The minimum absolute atomic E-state index is 0.0175. The number of nitrogens with one attached hydrogen (secondary N) is 1. The van der Waals surface area contributed by atoms with Crippen molar-refractivity contribution in [3.05, 3.63) is 24.3 Å². The molecule has 1 aliphatic heterocycles. The molecule has 1 aliphatic rings. The summed E-state index contributed by atoms with van der Waals surface area (Å²) in [5.74, 6) is 0.784. The van der Waals surface area contributed by atoms with Crippen LogP contribution in [0.3, 0.4) is 0 Å². The Kier molecular flexibility index (Phi) is 3.85. The molecule has 0 atom stereocenters. The molecule has 1 aromatic rings. The number of likely N-dealkylation sites (tertiary alicyclic amines) is 1. The molecule has 0 unspecified atom stereocenters.